The lowest BCUT2D eigenvalue weighted by Crippen LogP contribution is -2.27. The minimum Gasteiger partial charge on any atom is -0.465 e. The molecule has 2 aromatic rings. The molecule has 6 nitrogen and oxygen atoms in total. The van der Waals surface area contributed by atoms with Crippen molar-refractivity contribution in [1.29, 1.82) is 0 Å². The summed E-state index contributed by atoms with van der Waals surface area (Å²) in [6.07, 6.45) is 0.631. The minimum atomic E-state index is -0.260. The third-order valence-electron chi connectivity index (χ3n) is 2.82. The second-order valence-electron chi connectivity index (χ2n) is 4.74. The molecule has 0 radical (unpaired) electrons. The molecule has 112 valence electrons. The fourth-order valence-electron chi connectivity index (χ4n) is 1.92. The molecule has 0 saturated carbocycles. The Hall–Kier alpha value is -2.21. The van der Waals surface area contributed by atoms with Gasteiger partial charge in [-0.3, -0.25) is 9.69 Å². The number of nitrogens with zero attached hydrogens (tertiary/aromatic N) is 3. The maximum absolute atomic E-state index is 11.4. The molecule has 0 N–H and O–H groups in total. The molecule has 0 aliphatic heterocycles. The molecule has 0 bridgehead atoms. The zero-order valence-corrected chi connectivity index (χ0v) is 12.3. The maximum atomic E-state index is 11.4. The Morgan fingerprint density at radius 1 is 1.33 bits per heavy atom. The highest BCUT2D eigenvalue weighted by atomic mass is 16.5. The number of ether oxygens (including phenoxy) is 1. The first kappa shape index (κ1) is 15.2. The first-order chi connectivity index (χ1) is 10.2. The molecule has 0 fully saturated rings. The van der Waals surface area contributed by atoms with E-state index in [0.717, 1.165) is 5.56 Å². The molecule has 0 aliphatic carbocycles. The Morgan fingerprint density at radius 3 is 2.81 bits per heavy atom. The molecule has 0 spiro atoms. The molecule has 21 heavy (non-hydrogen) atoms. The minimum absolute atomic E-state index is 0.199. The summed E-state index contributed by atoms with van der Waals surface area (Å²) in [5.41, 5.74) is 1.13. The van der Waals surface area contributed by atoms with Crippen LogP contribution in [-0.2, 0) is 22.5 Å². The Labute approximate surface area is 123 Å². The van der Waals surface area contributed by atoms with Crippen molar-refractivity contribution >= 4 is 5.97 Å². The van der Waals surface area contributed by atoms with Crippen molar-refractivity contribution in [1.82, 2.24) is 15.0 Å². The molecular formula is C15H19N3O3. The molecule has 0 aliphatic rings. The monoisotopic (exact) mass is 289 g/mol. The lowest BCUT2D eigenvalue weighted by atomic mass is 10.1. The second-order valence-corrected chi connectivity index (χ2v) is 4.74. The Bertz CT molecular complexity index is 569. The van der Waals surface area contributed by atoms with Gasteiger partial charge >= 0.3 is 5.97 Å². The number of hydrogen-bond acceptors (Lipinski definition) is 6. The van der Waals surface area contributed by atoms with Gasteiger partial charge in [0.1, 0.15) is 0 Å². The third-order valence-corrected chi connectivity index (χ3v) is 2.82. The fraction of sp³-hybridized carbons (Fsp3) is 0.400. The number of rotatable bonds is 7. The van der Waals surface area contributed by atoms with E-state index in [9.17, 15) is 4.79 Å². The molecular weight excluding hydrogens is 270 g/mol. The highest BCUT2D eigenvalue weighted by Gasteiger charge is 2.12. The summed E-state index contributed by atoms with van der Waals surface area (Å²) in [5, 5.41) is 3.95. The Kier molecular flexibility index (Phi) is 5.45. The van der Waals surface area contributed by atoms with E-state index in [1.807, 2.05) is 30.3 Å². The van der Waals surface area contributed by atoms with Gasteiger partial charge < -0.3 is 9.26 Å². The van der Waals surface area contributed by atoms with Gasteiger partial charge in [0.25, 0.3) is 0 Å². The smallest absolute Gasteiger partial charge is 0.320 e. The van der Waals surface area contributed by atoms with E-state index in [4.69, 9.17) is 9.26 Å². The van der Waals surface area contributed by atoms with Gasteiger partial charge in [0.2, 0.25) is 5.89 Å². The average Bonchev–Trinajstić information content (AvgIpc) is 2.87. The number of esters is 1. The largest absolute Gasteiger partial charge is 0.465 e. The quantitative estimate of drug-likeness (QED) is 0.722. The molecule has 1 aromatic carbocycles. The van der Waals surface area contributed by atoms with E-state index in [-0.39, 0.29) is 12.5 Å². The topological polar surface area (TPSA) is 68.5 Å². The van der Waals surface area contributed by atoms with E-state index in [0.29, 0.717) is 31.3 Å². The normalized spacial score (nSPS) is 10.8. The standard InChI is InChI=1S/C15H19N3O3/c1-3-20-15(19)11-18(2)10-14-16-13(17-21-14)9-12-7-5-4-6-8-12/h4-8H,3,9-11H2,1-2H3. The van der Waals surface area contributed by atoms with Crippen LogP contribution in [0.3, 0.4) is 0 Å². The number of likely N-dealkylation sites (N-methyl/N-ethyl adjacent to an activating group) is 1. The molecule has 0 atom stereocenters. The summed E-state index contributed by atoms with van der Waals surface area (Å²) in [6, 6.07) is 9.95. The van der Waals surface area contributed by atoms with Crippen LogP contribution in [0.25, 0.3) is 0 Å². The molecule has 2 rings (SSSR count). The third kappa shape index (κ3) is 5.00. The van der Waals surface area contributed by atoms with E-state index < -0.39 is 0 Å². The van der Waals surface area contributed by atoms with Crippen molar-refractivity contribution in [2.24, 2.45) is 0 Å². The number of carbonyl (C=O) groups excluding carboxylic acids is 1. The summed E-state index contributed by atoms with van der Waals surface area (Å²) in [6.45, 7) is 2.78. The van der Waals surface area contributed by atoms with Crippen LogP contribution in [0.4, 0.5) is 0 Å². The van der Waals surface area contributed by atoms with E-state index >= 15 is 0 Å². The summed E-state index contributed by atoms with van der Waals surface area (Å²) < 4.78 is 10.1. The van der Waals surface area contributed by atoms with Crippen molar-refractivity contribution in [2.75, 3.05) is 20.2 Å². The summed E-state index contributed by atoms with van der Waals surface area (Å²) >= 11 is 0. The van der Waals surface area contributed by atoms with Crippen molar-refractivity contribution in [3.05, 3.63) is 47.6 Å². The van der Waals surface area contributed by atoms with Gasteiger partial charge in [0, 0.05) is 6.42 Å². The SMILES string of the molecule is CCOC(=O)CN(C)Cc1nc(Cc2ccccc2)no1. The van der Waals surface area contributed by atoms with Crippen LogP contribution >= 0.6 is 0 Å². The van der Waals surface area contributed by atoms with Crippen LogP contribution in [0.5, 0.6) is 0 Å². The van der Waals surface area contributed by atoms with Crippen molar-refractivity contribution in [3.8, 4) is 0 Å². The molecule has 0 saturated heterocycles. The average molecular weight is 289 g/mol. The lowest BCUT2D eigenvalue weighted by Gasteiger charge is -2.12. The van der Waals surface area contributed by atoms with Gasteiger partial charge in [0.05, 0.1) is 19.7 Å². The van der Waals surface area contributed by atoms with Crippen LogP contribution in [0.2, 0.25) is 0 Å². The van der Waals surface area contributed by atoms with Gasteiger partial charge in [-0.15, -0.1) is 0 Å². The van der Waals surface area contributed by atoms with E-state index in [1.165, 1.54) is 0 Å². The van der Waals surface area contributed by atoms with Crippen LogP contribution in [-0.4, -0.2) is 41.2 Å². The predicted molar refractivity (Wildman–Crippen MR) is 76.5 cm³/mol. The van der Waals surface area contributed by atoms with Gasteiger partial charge in [-0.05, 0) is 19.5 Å². The Morgan fingerprint density at radius 2 is 2.10 bits per heavy atom. The van der Waals surface area contributed by atoms with E-state index in [2.05, 4.69) is 10.1 Å². The lowest BCUT2D eigenvalue weighted by molar-refractivity contribution is -0.144. The number of carbonyl (C=O) groups is 1. The maximum Gasteiger partial charge on any atom is 0.320 e. The molecule has 0 amide bonds. The van der Waals surface area contributed by atoms with Crippen molar-refractivity contribution in [2.45, 2.75) is 19.9 Å². The summed E-state index contributed by atoms with van der Waals surface area (Å²) in [5.74, 6) is 0.873. The van der Waals surface area contributed by atoms with Gasteiger partial charge in [-0.1, -0.05) is 35.5 Å². The van der Waals surface area contributed by atoms with Gasteiger partial charge in [0.15, 0.2) is 5.82 Å². The molecule has 6 heteroatoms. The molecule has 1 heterocycles. The summed E-state index contributed by atoms with van der Waals surface area (Å²) in [7, 11) is 1.80. The second kappa shape index (κ2) is 7.54. The van der Waals surface area contributed by atoms with Crippen molar-refractivity contribution < 1.29 is 14.1 Å². The number of hydrogen-bond donors (Lipinski definition) is 0. The zero-order chi connectivity index (χ0) is 15.1. The van der Waals surface area contributed by atoms with E-state index in [1.54, 1.807) is 18.9 Å². The molecule has 1 aromatic heterocycles. The van der Waals surface area contributed by atoms with Gasteiger partial charge in [-0.2, -0.15) is 4.98 Å². The van der Waals surface area contributed by atoms with Crippen LogP contribution in [0, 0.1) is 0 Å². The zero-order valence-electron chi connectivity index (χ0n) is 12.3. The van der Waals surface area contributed by atoms with Crippen molar-refractivity contribution in [3.63, 3.8) is 0 Å². The number of aromatic nitrogens is 2. The van der Waals surface area contributed by atoms with Gasteiger partial charge in [-0.25, -0.2) is 0 Å². The number of benzene rings is 1. The summed E-state index contributed by atoms with van der Waals surface area (Å²) in [4.78, 5) is 17.5. The predicted octanol–water partition coefficient (Wildman–Crippen LogP) is 1.66. The Balaban J connectivity index is 1.86. The van der Waals surface area contributed by atoms with Crippen LogP contribution in [0.15, 0.2) is 34.9 Å². The molecule has 0 unspecified atom stereocenters. The van der Waals surface area contributed by atoms with Crippen LogP contribution < -0.4 is 0 Å². The highest BCUT2D eigenvalue weighted by Crippen LogP contribution is 2.07. The first-order valence-corrected chi connectivity index (χ1v) is 6.87. The van der Waals surface area contributed by atoms with Crippen LogP contribution in [0.1, 0.15) is 24.2 Å². The first-order valence-electron chi connectivity index (χ1n) is 6.87. The highest BCUT2D eigenvalue weighted by molar-refractivity contribution is 5.71. The fourth-order valence-corrected chi connectivity index (χ4v) is 1.92.